The molecular weight excluding hydrogens is 222 g/mol. The Hall–Kier alpha value is -1.02. The number of hydrogen-bond acceptors (Lipinski definition) is 2. The maximum atomic E-state index is 5.52. The third-order valence-electron chi connectivity index (χ3n) is 4.20. The van der Waals surface area contributed by atoms with E-state index in [9.17, 15) is 0 Å². The first-order valence-electron chi connectivity index (χ1n) is 7.20. The van der Waals surface area contributed by atoms with Crippen LogP contribution in [0.2, 0.25) is 0 Å². The van der Waals surface area contributed by atoms with Crippen LogP contribution >= 0.6 is 0 Å². The van der Waals surface area contributed by atoms with Crippen LogP contribution in [-0.4, -0.2) is 13.2 Å². The van der Waals surface area contributed by atoms with E-state index in [1.807, 2.05) is 13.0 Å². The summed E-state index contributed by atoms with van der Waals surface area (Å²) in [4.78, 5) is 0. The lowest BCUT2D eigenvalue weighted by atomic mass is 9.67. The van der Waals surface area contributed by atoms with E-state index in [1.165, 1.54) is 31.2 Å². The second-order valence-corrected chi connectivity index (χ2v) is 5.39. The van der Waals surface area contributed by atoms with E-state index in [-0.39, 0.29) is 0 Å². The topological polar surface area (TPSA) is 21.3 Å². The highest BCUT2D eigenvalue weighted by Gasteiger charge is 2.34. The lowest BCUT2D eigenvalue weighted by molar-refractivity contribution is 0.124. The van der Waals surface area contributed by atoms with Gasteiger partial charge in [0.05, 0.1) is 6.61 Å². The van der Waals surface area contributed by atoms with Crippen LogP contribution in [0.5, 0.6) is 5.75 Å². The summed E-state index contributed by atoms with van der Waals surface area (Å²) < 4.78 is 5.52. The van der Waals surface area contributed by atoms with Crippen molar-refractivity contribution in [2.75, 3.05) is 13.2 Å². The Morgan fingerprint density at radius 2 is 2.11 bits per heavy atom. The van der Waals surface area contributed by atoms with Crippen molar-refractivity contribution in [2.45, 2.75) is 46.1 Å². The number of rotatable bonds is 7. The van der Waals surface area contributed by atoms with Gasteiger partial charge in [-0.3, -0.25) is 0 Å². The van der Waals surface area contributed by atoms with E-state index in [2.05, 4.69) is 30.4 Å². The highest BCUT2D eigenvalue weighted by molar-refractivity contribution is 5.28. The molecule has 0 spiro atoms. The molecule has 0 saturated heterocycles. The van der Waals surface area contributed by atoms with Gasteiger partial charge in [0.1, 0.15) is 5.75 Å². The summed E-state index contributed by atoms with van der Waals surface area (Å²) in [5, 5.41) is 3.61. The highest BCUT2D eigenvalue weighted by atomic mass is 16.5. The van der Waals surface area contributed by atoms with Gasteiger partial charge in [-0.1, -0.05) is 25.5 Å². The monoisotopic (exact) mass is 247 g/mol. The van der Waals surface area contributed by atoms with E-state index >= 15 is 0 Å². The minimum absolute atomic E-state index is 0.595. The summed E-state index contributed by atoms with van der Waals surface area (Å²) in [5.74, 6) is 0.977. The molecule has 2 nitrogen and oxygen atoms in total. The molecule has 1 aromatic rings. The summed E-state index contributed by atoms with van der Waals surface area (Å²) in [5.41, 5.74) is 1.91. The molecule has 0 aliphatic heterocycles. The van der Waals surface area contributed by atoms with Gasteiger partial charge in [0, 0.05) is 13.1 Å². The molecule has 0 amide bonds. The van der Waals surface area contributed by atoms with Crippen molar-refractivity contribution in [2.24, 2.45) is 5.41 Å². The fourth-order valence-corrected chi connectivity index (χ4v) is 2.72. The minimum atomic E-state index is 0.595. The first-order chi connectivity index (χ1) is 8.78. The van der Waals surface area contributed by atoms with E-state index in [4.69, 9.17) is 4.74 Å². The Kier molecular flexibility index (Phi) is 4.65. The number of ether oxygens (including phenoxy) is 1. The fraction of sp³-hybridized carbons (Fsp3) is 0.625. The molecule has 1 aliphatic carbocycles. The molecule has 18 heavy (non-hydrogen) atoms. The zero-order chi connectivity index (χ0) is 12.8. The molecule has 1 saturated carbocycles. The van der Waals surface area contributed by atoms with E-state index in [0.717, 1.165) is 25.4 Å². The Bertz CT molecular complexity index is 366. The zero-order valence-corrected chi connectivity index (χ0v) is 11.7. The average molecular weight is 247 g/mol. The van der Waals surface area contributed by atoms with Gasteiger partial charge in [-0.15, -0.1) is 0 Å². The van der Waals surface area contributed by atoms with Gasteiger partial charge < -0.3 is 10.1 Å². The molecule has 0 unspecified atom stereocenters. The number of nitrogens with one attached hydrogen (secondary N) is 1. The Morgan fingerprint density at radius 3 is 2.72 bits per heavy atom. The Balaban J connectivity index is 1.80. The standard InChI is InChI=1S/C16H25NO/c1-3-16(9-6-10-16)13-17-12-14-7-5-8-15(11-14)18-4-2/h5,7-8,11,17H,3-4,6,9-10,12-13H2,1-2H3. The van der Waals surface area contributed by atoms with Gasteiger partial charge in [-0.2, -0.15) is 0 Å². The summed E-state index contributed by atoms with van der Waals surface area (Å²) in [7, 11) is 0. The van der Waals surface area contributed by atoms with Crippen LogP contribution in [-0.2, 0) is 6.54 Å². The average Bonchev–Trinajstić information content (AvgIpc) is 2.34. The summed E-state index contributed by atoms with van der Waals surface area (Å²) in [6, 6.07) is 8.39. The molecule has 100 valence electrons. The van der Waals surface area contributed by atoms with Crippen LogP contribution in [0.25, 0.3) is 0 Å². The van der Waals surface area contributed by atoms with Gasteiger partial charge >= 0.3 is 0 Å². The first-order valence-corrected chi connectivity index (χ1v) is 7.20. The maximum Gasteiger partial charge on any atom is 0.119 e. The molecule has 1 aliphatic rings. The van der Waals surface area contributed by atoms with Gasteiger partial charge in [-0.05, 0) is 49.3 Å². The van der Waals surface area contributed by atoms with Crippen molar-refractivity contribution in [3.8, 4) is 5.75 Å². The van der Waals surface area contributed by atoms with Crippen LogP contribution in [0.4, 0.5) is 0 Å². The normalized spacial score (nSPS) is 17.2. The van der Waals surface area contributed by atoms with Crippen molar-refractivity contribution in [1.82, 2.24) is 5.32 Å². The Labute approximate surface area is 111 Å². The lowest BCUT2D eigenvalue weighted by Crippen LogP contribution is -2.39. The third kappa shape index (κ3) is 3.26. The molecule has 0 radical (unpaired) electrons. The summed E-state index contributed by atoms with van der Waals surface area (Å²) >= 11 is 0. The van der Waals surface area contributed by atoms with Gasteiger partial charge in [0.25, 0.3) is 0 Å². The van der Waals surface area contributed by atoms with E-state index < -0.39 is 0 Å². The molecular formula is C16H25NO. The number of benzene rings is 1. The molecule has 2 heteroatoms. The van der Waals surface area contributed by atoms with Gasteiger partial charge in [0.15, 0.2) is 0 Å². The van der Waals surface area contributed by atoms with Crippen LogP contribution in [0.15, 0.2) is 24.3 Å². The largest absolute Gasteiger partial charge is 0.494 e. The third-order valence-corrected chi connectivity index (χ3v) is 4.20. The lowest BCUT2D eigenvalue weighted by Gasteiger charge is -2.41. The van der Waals surface area contributed by atoms with Gasteiger partial charge in [0.2, 0.25) is 0 Å². The molecule has 1 fully saturated rings. The maximum absolute atomic E-state index is 5.52. The summed E-state index contributed by atoms with van der Waals surface area (Å²) in [6.07, 6.45) is 5.51. The van der Waals surface area contributed by atoms with Crippen molar-refractivity contribution >= 4 is 0 Å². The van der Waals surface area contributed by atoms with Gasteiger partial charge in [-0.25, -0.2) is 0 Å². The summed E-state index contributed by atoms with van der Waals surface area (Å²) in [6.45, 7) is 7.17. The SMILES string of the molecule is CCOc1cccc(CNCC2(CC)CCC2)c1. The predicted octanol–water partition coefficient (Wildman–Crippen LogP) is 3.76. The first kappa shape index (κ1) is 13.4. The van der Waals surface area contributed by atoms with Crippen molar-refractivity contribution < 1.29 is 4.74 Å². The van der Waals surface area contributed by atoms with Crippen LogP contribution in [0.1, 0.15) is 45.1 Å². The minimum Gasteiger partial charge on any atom is -0.494 e. The zero-order valence-electron chi connectivity index (χ0n) is 11.7. The molecule has 1 N–H and O–H groups in total. The van der Waals surface area contributed by atoms with E-state index in [0.29, 0.717) is 5.41 Å². The Morgan fingerprint density at radius 1 is 1.28 bits per heavy atom. The molecule has 0 aromatic heterocycles. The molecule has 0 atom stereocenters. The van der Waals surface area contributed by atoms with Crippen LogP contribution < -0.4 is 10.1 Å². The van der Waals surface area contributed by atoms with Crippen molar-refractivity contribution in [3.05, 3.63) is 29.8 Å². The van der Waals surface area contributed by atoms with Crippen molar-refractivity contribution in [1.29, 1.82) is 0 Å². The van der Waals surface area contributed by atoms with Crippen molar-refractivity contribution in [3.63, 3.8) is 0 Å². The molecule has 2 rings (SSSR count). The molecule has 0 bridgehead atoms. The second kappa shape index (κ2) is 6.24. The van der Waals surface area contributed by atoms with Crippen LogP contribution in [0.3, 0.4) is 0 Å². The molecule has 1 aromatic carbocycles. The molecule has 0 heterocycles. The van der Waals surface area contributed by atoms with Crippen LogP contribution in [0, 0.1) is 5.41 Å². The highest BCUT2D eigenvalue weighted by Crippen LogP contribution is 2.43. The van der Waals surface area contributed by atoms with E-state index in [1.54, 1.807) is 0 Å². The second-order valence-electron chi connectivity index (χ2n) is 5.39. The fourth-order valence-electron chi connectivity index (χ4n) is 2.72. The number of hydrogen-bond donors (Lipinski definition) is 1. The quantitative estimate of drug-likeness (QED) is 0.792. The smallest absolute Gasteiger partial charge is 0.119 e. The predicted molar refractivity (Wildman–Crippen MR) is 75.9 cm³/mol.